The molecule has 1 fully saturated rings. The van der Waals surface area contributed by atoms with Gasteiger partial charge in [0.2, 0.25) is 5.91 Å². The Morgan fingerprint density at radius 3 is 3.10 bits per heavy atom. The minimum Gasteiger partial charge on any atom is -0.383 e. The van der Waals surface area contributed by atoms with E-state index < -0.39 is 0 Å². The molecule has 5 heteroatoms. The summed E-state index contributed by atoms with van der Waals surface area (Å²) in [4.78, 5) is 18.3. The molecule has 2 N–H and O–H groups in total. The van der Waals surface area contributed by atoms with Crippen molar-refractivity contribution in [2.45, 2.75) is 19.8 Å². The molecule has 0 aromatic carbocycles. The number of hydrogen-bond acceptors (Lipinski definition) is 4. The molecule has 2 rings (SSSR count). The first-order valence-corrected chi connectivity index (χ1v) is 7.27. The number of carbonyl (C=O) groups is 1. The Morgan fingerprint density at radius 1 is 1.50 bits per heavy atom. The largest absolute Gasteiger partial charge is 0.383 e. The summed E-state index contributed by atoms with van der Waals surface area (Å²) in [5.41, 5.74) is 2.19. The molecule has 5 nitrogen and oxygen atoms in total. The van der Waals surface area contributed by atoms with Crippen molar-refractivity contribution in [2.75, 3.05) is 38.5 Å². The first-order valence-electron chi connectivity index (χ1n) is 7.27. The average molecular weight is 276 g/mol. The van der Waals surface area contributed by atoms with Crippen LogP contribution in [0.15, 0.2) is 18.5 Å². The Bertz CT molecular complexity index is 449. The lowest BCUT2D eigenvalue weighted by molar-refractivity contribution is -0.126. The zero-order valence-electron chi connectivity index (χ0n) is 12.4. The van der Waals surface area contributed by atoms with Crippen molar-refractivity contribution < 1.29 is 4.79 Å². The molecule has 0 bridgehead atoms. The number of piperidine rings is 1. The van der Waals surface area contributed by atoms with E-state index in [2.05, 4.69) is 27.6 Å². The molecule has 1 amide bonds. The molecule has 0 aliphatic carbocycles. The van der Waals surface area contributed by atoms with Crippen LogP contribution in [-0.2, 0) is 4.79 Å². The zero-order chi connectivity index (χ0) is 14.4. The maximum absolute atomic E-state index is 12.0. The van der Waals surface area contributed by atoms with E-state index in [1.165, 1.54) is 0 Å². The average Bonchev–Trinajstić information content (AvgIpc) is 2.45. The summed E-state index contributed by atoms with van der Waals surface area (Å²) in [5, 5.41) is 6.33. The summed E-state index contributed by atoms with van der Waals surface area (Å²) >= 11 is 0. The number of rotatable bonds is 5. The number of amides is 1. The van der Waals surface area contributed by atoms with E-state index in [1.807, 2.05) is 19.2 Å². The summed E-state index contributed by atoms with van der Waals surface area (Å²) in [6.45, 7) is 5.39. The first kappa shape index (κ1) is 14.8. The molecule has 1 aliphatic rings. The predicted octanol–water partition coefficient (Wildman–Crippen LogP) is 1.26. The Balaban J connectivity index is 1.68. The molecule has 0 radical (unpaired) electrons. The molecular weight excluding hydrogens is 252 g/mol. The van der Waals surface area contributed by atoms with Gasteiger partial charge in [-0.1, -0.05) is 0 Å². The van der Waals surface area contributed by atoms with Gasteiger partial charge >= 0.3 is 0 Å². The molecule has 1 aromatic heterocycles. The van der Waals surface area contributed by atoms with Gasteiger partial charge in [0, 0.05) is 37.7 Å². The minimum absolute atomic E-state index is 0.149. The van der Waals surface area contributed by atoms with Crippen LogP contribution in [0.3, 0.4) is 0 Å². The van der Waals surface area contributed by atoms with E-state index in [9.17, 15) is 4.79 Å². The third kappa shape index (κ3) is 4.20. The van der Waals surface area contributed by atoms with Crippen LogP contribution in [0.4, 0.5) is 5.69 Å². The van der Waals surface area contributed by atoms with Gasteiger partial charge in [0.25, 0.3) is 0 Å². The van der Waals surface area contributed by atoms with Gasteiger partial charge in [-0.15, -0.1) is 0 Å². The number of anilines is 1. The molecule has 20 heavy (non-hydrogen) atoms. The topological polar surface area (TPSA) is 57.3 Å². The van der Waals surface area contributed by atoms with Crippen LogP contribution in [0.25, 0.3) is 0 Å². The maximum Gasteiger partial charge on any atom is 0.224 e. The Hall–Kier alpha value is -1.62. The highest BCUT2D eigenvalue weighted by Crippen LogP contribution is 2.15. The lowest BCUT2D eigenvalue weighted by Gasteiger charge is -2.28. The number of nitrogens with zero attached hydrogens (tertiary/aromatic N) is 2. The van der Waals surface area contributed by atoms with E-state index in [0.717, 1.165) is 43.7 Å². The van der Waals surface area contributed by atoms with Crippen molar-refractivity contribution in [1.29, 1.82) is 0 Å². The standard InChI is InChI=1S/C15H24N4O/c1-12-10-16-6-5-14(12)17-7-8-18-15(20)13-4-3-9-19(2)11-13/h5-6,10,13H,3-4,7-9,11H2,1-2H3,(H,16,17)(H,18,20). The van der Waals surface area contributed by atoms with Crippen molar-refractivity contribution in [3.05, 3.63) is 24.0 Å². The van der Waals surface area contributed by atoms with Crippen LogP contribution in [0.2, 0.25) is 0 Å². The fraction of sp³-hybridized carbons (Fsp3) is 0.600. The number of hydrogen-bond donors (Lipinski definition) is 2. The van der Waals surface area contributed by atoms with Crippen LogP contribution in [-0.4, -0.2) is 49.0 Å². The summed E-state index contributed by atoms with van der Waals surface area (Å²) in [6.07, 6.45) is 5.72. The highest BCUT2D eigenvalue weighted by atomic mass is 16.1. The van der Waals surface area contributed by atoms with Crippen molar-refractivity contribution in [3.63, 3.8) is 0 Å². The Labute approximate surface area is 120 Å². The molecule has 1 aromatic rings. The zero-order valence-corrected chi connectivity index (χ0v) is 12.4. The quantitative estimate of drug-likeness (QED) is 0.795. The number of aryl methyl sites for hydroxylation is 1. The third-order valence-electron chi connectivity index (χ3n) is 3.76. The van der Waals surface area contributed by atoms with Gasteiger partial charge in [-0.3, -0.25) is 9.78 Å². The lowest BCUT2D eigenvalue weighted by atomic mass is 9.98. The van der Waals surface area contributed by atoms with Crippen LogP contribution in [0.1, 0.15) is 18.4 Å². The first-order chi connectivity index (χ1) is 9.66. The number of aromatic nitrogens is 1. The van der Waals surface area contributed by atoms with Crippen molar-refractivity contribution in [2.24, 2.45) is 5.92 Å². The van der Waals surface area contributed by atoms with E-state index in [-0.39, 0.29) is 11.8 Å². The van der Waals surface area contributed by atoms with Gasteiger partial charge in [-0.25, -0.2) is 0 Å². The lowest BCUT2D eigenvalue weighted by Crippen LogP contribution is -2.42. The second-order valence-corrected chi connectivity index (χ2v) is 5.51. The summed E-state index contributed by atoms with van der Waals surface area (Å²) < 4.78 is 0. The van der Waals surface area contributed by atoms with Gasteiger partial charge in [0.15, 0.2) is 0 Å². The SMILES string of the molecule is Cc1cnccc1NCCNC(=O)C1CCCN(C)C1. The fourth-order valence-corrected chi connectivity index (χ4v) is 2.58. The molecule has 1 aliphatic heterocycles. The van der Waals surface area contributed by atoms with Crippen molar-refractivity contribution in [1.82, 2.24) is 15.2 Å². The molecule has 1 unspecified atom stereocenters. The minimum atomic E-state index is 0.149. The molecule has 2 heterocycles. The Morgan fingerprint density at radius 2 is 2.35 bits per heavy atom. The van der Waals surface area contributed by atoms with E-state index >= 15 is 0 Å². The summed E-state index contributed by atoms with van der Waals surface area (Å²) in [5.74, 6) is 0.334. The van der Waals surface area contributed by atoms with Gasteiger partial charge in [0.05, 0.1) is 5.92 Å². The molecular formula is C15H24N4O. The molecule has 1 atom stereocenters. The van der Waals surface area contributed by atoms with Crippen LogP contribution >= 0.6 is 0 Å². The van der Waals surface area contributed by atoms with Crippen LogP contribution in [0, 0.1) is 12.8 Å². The van der Waals surface area contributed by atoms with E-state index in [1.54, 1.807) is 6.20 Å². The third-order valence-corrected chi connectivity index (χ3v) is 3.76. The van der Waals surface area contributed by atoms with E-state index in [4.69, 9.17) is 0 Å². The maximum atomic E-state index is 12.0. The van der Waals surface area contributed by atoms with Crippen LogP contribution < -0.4 is 10.6 Å². The number of likely N-dealkylation sites (tertiary alicyclic amines) is 1. The van der Waals surface area contributed by atoms with Gasteiger partial charge in [-0.05, 0) is 45.0 Å². The molecule has 1 saturated heterocycles. The normalized spacial score (nSPS) is 19.6. The van der Waals surface area contributed by atoms with Crippen molar-refractivity contribution >= 4 is 11.6 Å². The highest BCUT2D eigenvalue weighted by molar-refractivity contribution is 5.79. The van der Waals surface area contributed by atoms with Gasteiger partial charge < -0.3 is 15.5 Å². The Kier molecular flexibility index (Phi) is 5.35. The predicted molar refractivity (Wildman–Crippen MR) is 80.7 cm³/mol. The van der Waals surface area contributed by atoms with Crippen LogP contribution in [0.5, 0.6) is 0 Å². The second kappa shape index (κ2) is 7.24. The molecule has 0 spiro atoms. The second-order valence-electron chi connectivity index (χ2n) is 5.51. The summed E-state index contributed by atoms with van der Waals surface area (Å²) in [7, 11) is 2.08. The number of pyridine rings is 1. The van der Waals surface area contributed by atoms with Gasteiger partial charge in [-0.2, -0.15) is 0 Å². The highest BCUT2D eigenvalue weighted by Gasteiger charge is 2.23. The molecule has 0 saturated carbocycles. The van der Waals surface area contributed by atoms with E-state index in [0.29, 0.717) is 6.54 Å². The summed E-state index contributed by atoms with van der Waals surface area (Å²) in [6, 6.07) is 1.95. The van der Waals surface area contributed by atoms with Crippen molar-refractivity contribution in [3.8, 4) is 0 Å². The monoisotopic (exact) mass is 276 g/mol. The fourth-order valence-electron chi connectivity index (χ4n) is 2.58. The van der Waals surface area contributed by atoms with Gasteiger partial charge in [0.1, 0.15) is 0 Å². The smallest absolute Gasteiger partial charge is 0.224 e. The number of nitrogens with one attached hydrogen (secondary N) is 2. The number of carbonyl (C=O) groups excluding carboxylic acids is 1. The molecule has 110 valence electrons.